The van der Waals surface area contributed by atoms with Gasteiger partial charge in [0.25, 0.3) is 11.8 Å². The second-order valence-electron chi connectivity index (χ2n) is 11.4. The van der Waals surface area contributed by atoms with Crippen LogP contribution in [-0.2, 0) is 17.5 Å². The lowest BCUT2D eigenvalue weighted by Crippen LogP contribution is -2.59. The fraction of sp³-hybridized carbons (Fsp3) is 0.400. The highest BCUT2D eigenvalue weighted by molar-refractivity contribution is 5.96. The van der Waals surface area contributed by atoms with Gasteiger partial charge >= 0.3 is 6.18 Å². The van der Waals surface area contributed by atoms with Crippen LogP contribution in [0.4, 0.5) is 24.7 Å². The Morgan fingerprint density at radius 3 is 2.52 bits per heavy atom. The van der Waals surface area contributed by atoms with Crippen molar-refractivity contribution >= 4 is 29.0 Å². The van der Waals surface area contributed by atoms with Gasteiger partial charge in [0.2, 0.25) is 0 Å². The third-order valence-corrected chi connectivity index (χ3v) is 8.37. The number of aryl methyl sites for hydroxylation is 1. The van der Waals surface area contributed by atoms with Crippen molar-refractivity contribution in [2.45, 2.75) is 38.1 Å². The van der Waals surface area contributed by atoms with Crippen LogP contribution >= 0.6 is 0 Å². The zero-order valence-corrected chi connectivity index (χ0v) is 24.9. The third-order valence-electron chi connectivity index (χ3n) is 8.37. The van der Waals surface area contributed by atoms with Crippen LogP contribution in [0.1, 0.15) is 34.5 Å². The van der Waals surface area contributed by atoms with Gasteiger partial charge in [0.15, 0.2) is 17.2 Å². The number of rotatable bonds is 6. The number of piperazine rings is 1. The minimum Gasteiger partial charge on any atom is -0.380 e. The highest BCUT2D eigenvalue weighted by Crippen LogP contribution is 2.37. The summed E-state index contributed by atoms with van der Waals surface area (Å²) in [5.41, 5.74) is -0.556. The molecule has 1 aromatic carbocycles. The van der Waals surface area contributed by atoms with Crippen LogP contribution in [0, 0.1) is 18.3 Å². The summed E-state index contributed by atoms with van der Waals surface area (Å²) < 4.78 is 43.7. The maximum absolute atomic E-state index is 13.8. The lowest BCUT2D eigenvalue weighted by molar-refractivity contribution is -0.155. The fourth-order valence-corrected chi connectivity index (χ4v) is 5.93. The molecule has 6 rings (SSSR count). The van der Waals surface area contributed by atoms with E-state index >= 15 is 0 Å². The Morgan fingerprint density at radius 1 is 1.13 bits per heavy atom. The van der Waals surface area contributed by atoms with E-state index in [-0.39, 0.29) is 41.1 Å². The Balaban J connectivity index is 1.17. The lowest BCUT2D eigenvalue weighted by atomic mass is 9.90. The van der Waals surface area contributed by atoms with Gasteiger partial charge in [-0.2, -0.15) is 23.5 Å². The summed E-state index contributed by atoms with van der Waals surface area (Å²) in [6.07, 6.45) is 1.35. The van der Waals surface area contributed by atoms with Crippen molar-refractivity contribution in [2.24, 2.45) is 0 Å². The molecule has 0 atom stereocenters. The Kier molecular flexibility index (Phi) is 8.13. The number of fused-ring (bicyclic) bond motifs is 1. The van der Waals surface area contributed by atoms with Crippen LogP contribution in [0.5, 0.6) is 0 Å². The lowest BCUT2D eigenvalue weighted by Gasteiger charge is -2.40. The molecule has 4 aromatic rings. The summed E-state index contributed by atoms with van der Waals surface area (Å²) in [5, 5.41) is 29.6. The maximum Gasteiger partial charge on any atom is 0.435 e. The minimum atomic E-state index is -4.74. The first-order valence-electron chi connectivity index (χ1n) is 14.7. The summed E-state index contributed by atoms with van der Waals surface area (Å²) in [7, 11) is 0. The molecule has 13 nitrogen and oxygen atoms in total. The SMILES string of the molecule is Cc1cc(Nc2nccn3c(-c4cn(CC#N)nc4C(F)(F)F)cnc23)ccc1C(=O)N1CCN(C(=O)C2(O)CCNCC2)CC1. The topological polar surface area (TPSA) is 157 Å². The van der Waals surface area contributed by atoms with E-state index in [0.29, 0.717) is 68.9 Å². The summed E-state index contributed by atoms with van der Waals surface area (Å²) >= 11 is 0. The van der Waals surface area contributed by atoms with Gasteiger partial charge in [-0.1, -0.05) is 0 Å². The number of aromatic nitrogens is 5. The van der Waals surface area contributed by atoms with Crippen molar-refractivity contribution < 1.29 is 27.9 Å². The first kappa shape index (κ1) is 31.0. The Morgan fingerprint density at radius 2 is 1.85 bits per heavy atom. The molecule has 16 heteroatoms. The Hall–Kier alpha value is -5.01. The van der Waals surface area contributed by atoms with E-state index in [0.717, 1.165) is 10.9 Å². The number of carbonyl (C=O) groups excluding carboxylic acids is 2. The number of hydrogen-bond donors (Lipinski definition) is 3. The third kappa shape index (κ3) is 5.86. The van der Waals surface area contributed by atoms with Crippen molar-refractivity contribution in [1.82, 2.24) is 39.3 Å². The highest BCUT2D eigenvalue weighted by Gasteiger charge is 2.41. The van der Waals surface area contributed by atoms with Gasteiger partial charge in [-0.3, -0.25) is 18.7 Å². The molecule has 0 unspecified atom stereocenters. The van der Waals surface area contributed by atoms with E-state index in [9.17, 15) is 27.9 Å². The van der Waals surface area contributed by atoms with Gasteiger partial charge < -0.3 is 25.5 Å². The number of nitriles is 1. The number of benzene rings is 1. The van der Waals surface area contributed by atoms with E-state index < -0.39 is 17.5 Å². The average Bonchev–Trinajstić information content (AvgIpc) is 3.66. The van der Waals surface area contributed by atoms with Crippen LogP contribution in [0.2, 0.25) is 0 Å². The number of anilines is 2. The highest BCUT2D eigenvalue weighted by atomic mass is 19.4. The number of piperidine rings is 1. The monoisotopic (exact) mass is 636 g/mol. The van der Waals surface area contributed by atoms with Gasteiger partial charge in [0, 0.05) is 56.0 Å². The zero-order valence-electron chi connectivity index (χ0n) is 24.9. The molecule has 0 aliphatic carbocycles. The van der Waals surface area contributed by atoms with Crippen LogP contribution in [0.15, 0.2) is 43.0 Å². The molecule has 0 bridgehead atoms. The van der Waals surface area contributed by atoms with E-state index in [2.05, 4.69) is 25.7 Å². The van der Waals surface area contributed by atoms with Crippen molar-refractivity contribution in [3.8, 4) is 17.3 Å². The molecule has 2 saturated heterocycles. The molecule has 0 saturated carbocycles. The standard InChI is InChI=1S/C30H31F3N10O3/c1-19-16-20(2-3-21(19)27(44)40-12-14-41(15-13-40)28(45)29(46)4-7-35-8-5-29)38-25-26-37-17-23(43(26)11-9-36-25)22-18-42(10-6-34)39-24(22)30(31,32)33/h2-3,9,11,16-18,35,46H,4-5,7-8,10,12-15H2,1H3,(H,36,38). The molecule has 2 fully saturated rings. The van der Waals surface area contributed by atoms with E-state index in [1.54, 1.807) is 41.0 Å². The predicted octanol–water partition coefficient (Wildman–Crippen LogP) is 2.59. The molecule has 2 amide bonds. The maximum atomic E-state index is 13.8. The zero-order chi connectivity index (χ0) is 32.6. The van der Waals surface area contributed by atoms with Crippen molar-refractivity contribution in [3.63, 3.8) is 0 Å². The molecule has 2 aliphatic heterocycles. The average molecular weight is 637 g/mol. The van der Waals surface area contributed by atoms with Gasteiger partial charge in [0.1, 0.15) is 12.1 Å². The minimum absolute atomic E-state index is 0.126. The summed E-state index contributed by atoms with van der Waals surface area (Å²) in [6.45, 7) is 3.98. The second kappa shape index (κ2) is 12.1. The number of amides is 2. The van der Waals surface area contributed by atoms with E-state index in [1.165, 1.54) is 23.0 Å². The number of aliphatic hydroxyl groups is 1. The predicted molar refractivity (Wildman–Crippen MR) is 159 cm³/mol. The van der Waals surface area contributed by atoms with Crippen molar-refractivity contribution in [2.75, 3.05) is 44.6 Å². The molecule has 0 radical (unpaired) electrons. The van der Waals surface area contributed by atoms with Gasteiger partial charge in [-0.15, -0.1) is 0 Å². The molecule has 0 spiro atoms. The molecule has 5 heterocycles. The number of carbonyl (C=O) groups is 2. The van der Waals surface area contributed by atoms with Gasteiger partial charge in [0.05, 0.1) is 23.5 Å². The van der Waals surface area contributed by atoms with Crippen LogP contribution < -0.4 is 10.6 Å². The molecule has 2 aliphatic rings. The van der Waals surface area contributed by atoms with Crippen LogP contribution in [-0.4, -0.2) is 95.7 Å². The first-order chi connectivity index (χ1) is 22.0. The number of halogens is 3. The Bertz CT molecular complexity index is 1830. The van der Waals surface area contributed by atoms with Gasteiger partial charge in [-0.05, 0) is 56.6 Å². The smallest absolute Gasteiger partial charge is 0.380 e. The molecular formula is C30H31F3N10O3. The molecule has 46 heavy (non-hydrogen) atoms. The normalized spacial score (nSPS) is 16.8. The van der Waals surface area contributed by atoms with Crippen LogP contribution in [0.25, 0.3) is 16.9 Å². The van der Waals surface area contributed by atoms with Crippen molar-refractivity contribution in [3.05, 3.63) is 59.8 Å². The molecule has 3 N–H and O–H groups in total. The number of nitrogens with one attached hydrogen (secondary N) is 2. The summed E-state index contributed by atoms with van der Waals surface area (Å²) in [5.74, 6) is -0.176. The number of hydrogen-bond acceptors (Lipinski definition) is 9. The van der Waals surface area contributed by atoms with E-state index in [4.69, 9.17) is 5.26 Å². The summed E-state index contributed by atoms with van der Waals surface area (Å²) in [4.78, 5) is 38.3. The quantitative estimate of drug-likeness (QED) is 0.290. The number of nitrogens with zero attached hydrogens (tertiary/aromatic N) is 8. The Labute approximate surface area is 261 Å². The van der Waals surface area contributed by atoms with E-state index in [1.807, 2.05) is 0 Å². The number of alkyl halides is 3. The van der Waals surface area contributed by atoms with Crippen molar-refractivity contribution in [1.29, 1.82) is 5.26 Å². The number of imidazole rings is 1. The molecular weight excluding hydrogens is 605 g/mol. The largest absolute Gasteiger partial charge is 0.435 e. The molecule has 3 aromatic heterocycles. The summed E-state index contributed by atoms with van der Waals surface area (Å²) in [6, 6.07) is 6.95. The second-order valence-corrected chi connectivity index (χ2v) is 11.4. The first-order valence-corrected chi connectivity index (χ1v) is 14.7. The fourth-order valence-electron chi connectivity index (χ4n) is 5.93. The molecule has 240 valence electrons. The van der Waals surface area contributed by atoms with Gasteiger partial charge in [-0.25, -0.2) is 9.97 Å². The van der Waals surface area contributed by atoms with Crippen LogP contribution in [0.3, 0.4) is 0 Å².